The van der Waals surface area contributed by atoms with Gasteiger partial charge in [-0.3, -0.25) is 38.4 Å². The topological polar surface area (TPSA) is 284 Å². The van der Waals surface area contributed by atoms with Gasteiger partial charge in [0.15, 0.2) is 0 Å². The second-order valence-electron chi connectivity index (χ2n) is 22.9. The number of carbonyl (C=O) groups is 8. The van der Waals surface area contributed by atoms with Crippen LogP contribution in [0.2, 0.25) is 20.1 Å². The van der Waals surface area contributed by atoms with E-state index in [2.05, 4.69) is 62.5 Å². The van der Waals surface area contributed by atoms with Crippen LogP contribution < -0.4 is 42.5 Å². The minimum Gasteiger partial charge on any atom is -0.320 e. The van der Waals surface area contributed by atoms with Crippen LogP contribution in [0.3, 0.4) is 0 Å². The van der Waals surface area contributed by atoms with E-state index in [0.29, 0.717) is 135 Å². The lowest BCUT2D eigenvalue weighted by Gasteiger charge is -2.22. The van der Waals surface area contributed by atoms with Gasteiger partial charge in [0.1, 0.15) is 45.6 Å². The summed E-state index contributed by atoms with van der Waals surface area (Å²) in [6.45, 7) is 28.2. The van der Waals surface area contributed by atoms with Crippen molar-refractivity contribution >= 4 is 139 Å². The van der Waals surface area contributed by atoms with E-state index in [1.807, 2.05) is 0 Å². The average molecular weight is 1320 g/mol. The van der Waals surface area contributed by atoms with Gasteiger partial charge < -0.3 is 42.5 Å². The number of hydrogen-bond donors (Lipinski definition) is 8. The standard InChI is InChI=1S/C68H64Cl4N12O8/c1-25-26(2)54-28(4)27(3)53(25)77-61(85)45-17-41(69)19-47(73-45)63(87)79-55-29(5)31(7)57(32(8)30(55)6)81-65(89)49-21-43(71)23-51(75-49)67(91)83-59-37(13)39(15)60(40(16)38(59)14)84-68(92)52-24-44(72)22-50(76-52)66(90)82-58-35(11)33(9)56(34(10)36(58)12)80-64(88)48-20-42(70)18-46(74-48)62(86)78-54/h17-24H,1-16H3,(H,77,85)(H,78,86)(H,79,87)(H,80,88)(H,81,89)(H,82,90)(H,83,91)(H,84,92). The van der Waals surface area contributed by atoms with Crippen LogP contribution >= 0.6 is 46.4 Å². The molecule has 10 aliphatic heterocycles. The van der Waals surface area contributed by atoms with Crippen molar-refractivity contribution in [1.29, 1.82) is 0 Å². The van der Waals surface area contributed by atoms with Crippen LogP contribution in [0.1, 0.15) is 173 Å². The third kappa shape index (κ3) is 12.9. The monoisotopic (exact) mass is 1320 g/mol. The molecule has 0 spiro atoms. The second kappa shape index (κ2) is 25.9. The minimum absolute atomic E-state index is 0.0535. The zero-order valence-corrected chi connectivity index (χ0v) is 56.2. The highest BCUT2D eigenvalue weighted by Crippen LogP contribution is 2.40. The molecule has 4 aromatic heterocycles. The Morgan fingerprint density at radius 1 is 0.196 bits per heavy atom. The maximum Gasteiger partial charge on any atom is 0.274 e. The lowest BCUT2D eigenvalue weighted by atomic mass is 9.95. The SMILES string of the molecule is Cc1c(C)c2c(C)c(C)c1NC(=O)c1cc(Cl)cc(n1)C(=O)Nc1c(C)c(C)c(c(C)c1C)NC(=O)c1cc(Cl)cc(n1)C(=O)Nc1c(C)c(C)c(c(C)c1C)NC(=O)c1cc(Cl)cc(n1)C(=O)Nc1c(C)c(C)c(c(C)c1C)NC(=O)c1cc(Cl)cc(n1)C(=O)N2. The summed E-state index contributed by atoms with van der Waals surface area (Å²) in [6.07, 6.45) is 0. The molecule has 20 nitrogen and oxygen atoms in total. The van der Waals surface area contributed by atoms with Crippen LogP contribution in [-0.2, 0) is 0 Å². The first-order valence-corrected chi connectivity index (χ1v) is 30.3. The van der Waals surface area contributed by atoms with Crippen LogP contribution in [0.5, 0.6) is 0 Å². The van der Waals surface area contributed by atoms with Gasteiger partial charge in [-0.1, -0.05) is 46.4 Å². The Kier molecular flexibility index (Phi) is 18.8. The lowest BCUT2D eigenvalue weighted by molar-refractivity contribution is 0.0998. The van der Waals surface area contributed by atoms with Crippen LogP contribution in [0, 0.1) is 111 Å². The number of anilines is 8. The summed E-state index contributed by atoms with van der Waals surface area (Å²) in [5.74, 6) is -5.45. The molecule has 0 saturated carbocycles. The van der Waals surface area contributed by atoms with E-state index in [1.54, 1.807) is 111 Å². The van der Waals surface area contributed by atoms with E-state index >= 15 is 0 Å². The molecular weight excluding hydrogens is 1250 g/mol. The molecule has 8 aromatic rings. The average Bonchev–Trinajstić information content (AvgIpc) is 0.812. The molecule has 14 heterocycles. The lowest BCUT2D eigenvalue weighted by Crippen LogP contribution is -2.23. The molecule has 0 saturated heterocycles. The Balaban J connectivity index is 1.09. The van der Waals surface area contributed by atoms with Crippen LogP contribution in [0.4, 0.5) is 45.5 Å². The minimum atomic E-state index is -0.681. The highest BCUT2D eigenvalue weighted by atomic mass is 35.5. The molecule has 0 atom stereocenters. The van der Waals surface area contributed by atoms with Crippen LogP contribution in [-0.4, -0.2) is 67.2 Å². The molecular formula is C68H64Cl4N12O8. The number of hydrogen-bond acceptors (Lipinski definition) is 12. The van der Waals surface area contributed by atoms with Gasteiger partial charge in [0.05, 0.1) is 0 Å². The largest absolute Gasteiger partial charge is 0.320 e. The normalized spacial score (nSPS) is 13.4. The third-order valence-corrected chi connectivity index (χ3v) is 18.3. The number of aromatic nitrogens is 4. The van der Waals surface area contributed by atoms with Crippen molar-refractivity contribution in [1.82, 2.24) is 19.9 Å². The van der Waals surface area contributed by atoms with Crippen molar-refractivity contribution in [2.24, 2.45) is 0 Å². The number of amides is 8. The fraction of sp³-hybridized carbons (Fsp3) is 0.235. The number of carbonyl (C=O) groups excluding carboxylic acids is 8. The number of nitrogens with one attached hydrogen (secondary N) is 8. The maximum atomic E-state index is 14.2. The number of halogens is 4. The van der Waals surface area contributed by atoms with Gasteiger partial charge in [0.2, 0.25) is 0 Å². The van der Waals surface area contributed by atoms with Crippen LogP contribution in [0.25, 0.3) is 0 Å². The molecule has 18 rings (SSSR count). The van der Waals surface area contributed by atoms with Crippen molar-refractivity contribution in [2.75, 3.05) is 42.5 Å². The number of rotatable bonds is 0. The molecule has 16 bridgehead atoms. The summed E-state index contributed by atoms with van der Waals surface area (Å²) in [5, 5.41) is 23.7. The molecule has 8 N–H and O–H groups in total. The number of nitrogens with zero attached hydrogens (tertiary/aromatic N) is 4. The quantitative estimate of drug-likeness (QED) is 0.0704. The van der Waals surface area contributed by atoms with E-state index < -0.39 is 47.3 Å². The Morgan fingerprint density at radius 3 is 0.370 bits per heavy atom. The van der Waals surface area contributed by atoms with Crippen molar-refractivity contribution in [3.05, 3.63) is 203 Å². The predicted octanol–water partition coefficient (Wildman–Crippen LogP) is 15.1. The van der Waals surface area contributed by atoms with Gasteiger partial charge in [-0.25, -0.2) is 19.9 Å². The van der Waals surface area contributed by atoms with Gasteiger partial charge in [-0.2, -0.15) is 0 Å². The molecule has 0 unspecified atom stereocenters. The van der Waals surface area contributed by atoms with Gasteiger partial charge in [0.25, 0.3) is 47.3 Å². The summed E-state index contributed by atoms with van der Waals surface area (Å²) in [5.41, 5.74) is 11.4. The fourth-order valence-electron chi connectivity index (χ4n) is 11.1. The summed E-state index contributed by atoms with van der Waals surface area (Å²) >= 11 is 26.3. The summed E-state index contributed by atoms with van der Waals surface area (Å²) < 4.78 is 0. The summed E-state index contributed by atoms with van der Waals surface area (Å²) in [4.78, 5) is 131. The first-order valence-electron chi connectivity index (χ1n) is 28.8. The van der Waals surface area contributed by atoms with Crippen molar-refractivity contribution in [3.63, 3.8) is 0 Å². The van der Waals surface area contributed by atoms with Gasteiger partial charge >= 0.3 is 0 Å². The molecule has 8 amide bonds. The first kappa shape index (κ1) is 66.8. The van der Waals surface area contributed by atoms with E-state index in [9.17, 15) is 38.4 Å². The van der Waals surface area contributed by atoms with Crippen molar-refractivity contribution < 1.29 is 38.4 Å². The summed E-state index contributed by atoms with van der Waals surface area (Å²) in [6, 6.07) is 10.6. The van der Waals surface area contributed by atoms with Crippen molar-refractivity contribution in [2.45, 2.75) is 111 Å². The number of pyridine rings is 4. The van der Waals surface area contributed by atoms with Gasteiger partial charge in [-0.15, -0.1) is 0 Å². The van der Waals surface area contributed by atoms with Crippen LogP contribution in [0.15, 0.2) is 48.5 Å². The zero-order chi connectivity index (χ0) is 67.5. The predicted molar refractivity (Wildman–Crippen MR) is 362 cm³/mol. The first-order chi connectivity index (χ1) is 43.2. The highest BCUT2D eigenvalue weighted by Gasteiger charge is 2.28. The number of benzene rings is 4. The van der Waals surface area contributed by atoms with E-state index in [4.69, 9.17) is 46.4 Å². The van der Waals surface area contributed by atoms with E-state index in [0.717, 1.165) is 0 Å². The Hall–Kier alpha value is -9.60. The molecule has 24 heteroatoms. The third-order valence-electron chi connectivity index (χ3n) is 17.4. The molecule has 10 aliphatic rings. The highest BCUT2D eigenvalue weighted by molar-refractivity contribution is 6.33. The Labute approximate surface area is 550 Å². The Bertz CT molecular complexity index is 3690. The Morgan fingerprint density at radius 2 is 0.283 bits per heavy atom. The second-order valence-corrected chi connectivity index (χ2v) is 24.6. The maximum absolute atomic E-state index is 14.2. The molecule has 0 aliphatic carbocycles. The van der Waals surface area contributed by atoms with Crippen molar-refractivity contribution in [3.8, 4) is 0 Å². The molecule has 0 radical (unpaired) electrons. The van der Waals surface area contributed by atoms with E-state index in [1.165, 1.54) is 48.5 Å². The smallest absolute Gasteiger partial charge is 0.274 e. The molecule has 472 valence electrons. The fourth-order valence-corrected chi connectivity index (χ4v) is 11.9. The summed E-state index contributed by atoms with van der Waals surface area (Å²) in [7, 11) is 0. The molecule has 0 fully saturated rings. The van der Waals surface area contributed by atoms with Gasteiger partial charge in [-0.05, 0) is 248 Å². The van der Waals surface area contributed by atoms with E-state index in [-0.39, 0.29) is 65.6 Å². The molecule has 92 heavy (non-hydrogen) atoms. The zero-order valence-electron chi connectivity index (χ0n) is 53.2. The van der Waals surface area contributed by atoms with Gasteiger partial charge in [0, 0.05) is 65.6 Å². The molecule has 4 aromatic carbocycles.